The lowest BCUT2D eigenvalue weighted by molar-refractivity contribution is 0.0614. The number of piperidine rings is 1. The number of likely N-dealkylation sites (tertiary alicyclic amines) is 1. The second-order valence-electron chi connectivity index (χ2n) is 7.70. The van der Waals surface area contributed by atoms with Gasteiger partial charge in [-0.1, -0.05) is 13.8 Å². The number of thiophene rings is 1. The van der Waals surface area contributed by atoms with Gasteiger partial charge in [0.15, 0.2) is 0 Å². The summed E-state index contributed by atoms with van der Waals surface area (Å²) in [6.45, 7) is 5.31. The second-order valence-corrected chi connectivity index (χ2v) is 8.70. The van der Waals surface area contributed by atoms with Crippen LogP contribution in [0, 0.1) is 5.92 Å². The van der Waals surface area contributed by atoms with Crippen molar-refractivity contribution >= 4 is 33.1 Å². The Morgan fingerprint density at radius 2 is 2.24 bits per heavy atom. The molecular formula is C20H27N3OS. The molecule has 0 bridgehead atoms. The molecule has 0 spiro atoms. The smallest absolute Gasteiger partial charge is 0.266 e. The molecule has 1 saturated heterocycles. The van der Waals surface area contributed by atoms with Gasteiger partial charge in [0.2, 0.25) is 0 Å². The molecule has 4 nitrogen and oxygen atoms in total. The minimum absolute atomic E-state index is 0.110. The average molecular weight is 358 g/mol. The number of pyridine rings is 1. The predicted molar refractivity (Wildman–Crippen MR) is 104 cm³/mol. The van der Waals surface area contributed by atoms with Crippen molar-refractivity contribution in [1.82, 2.24) is 9.88 Å². The lowest BCUT2D eigenvalue weighted by Crippen LogP contribution is -2.43. The molecular weight excluding hydrogens is 330 g/mol. The number of rotatable bonds is 2. The van der Waals surface area contributed by atoms with E-state index < -0.39 is 0 Å². The summed E-state index contributed by atoms with van der Waals surface area (Å²) in [7, 11) is 0. The lowest BCUT2D eigenvalue weighted by atomic mass is 9.87. The van der Waals surface area contributed by atoms with Crippen LogP contribution < -0.4 is 5.73 Å². The number of aromatic nitrogens is 1. The van der Waals surface area contributed by atoms with Crippen molar-refractivity contribution in [3.8, 4) is 0 Å². The first-order chi connectivity index (χ1) is 12.1. The average Bonchev–Trinajstić information content (AvgIpc) is 2.95. The first-order valence-corrected chi connectivity index (χ1v) is 10.4. The molecule has 25 heavy (non-hydrogen) atoms. The quantitative estimate of drug-likeness (QED) is 0.866. The Morgan fingerprint density at radius 3 is 3.04 bits per heavy atom. The summed E-state index contributed by atoms with van der Waals surface area (Å²) in [4.78, 5) is 21.7. The van der Waals surface area contributed by atoms with Gasteiger partial charge in [-0.25, -0.2) is 4.98 Å². The molecule has 0 radical (unpaired) electrons. The Hall–Kier alpha value is -1.62. The number of nitrogens with two attached hydrogens (primary N) is 1. The normalized spacial score (nSPS) is 23.7. The highest BCUT2D eigenvalue weighted by Crippen LogP contribution is 2.37. The maximum absolute atomic E-state index is 13.2. The fraction of sp³-hybridized carbons (Fsp3) is 0.600. The molecule has 2 aliphatic rings. The van der Waals surface area contributed by atoms with Gasteiger partial charge in [-0.3, -0.25) is 4.79 Å². The van der Waals surface area contributed by atoms with Gasteiger partial charge in [0.05, 0.1) is 5.69 Å². The standard InChI is InChI=1S/C20H27N3OS/c1-3-14-6-4-5-9-23(14)20(24)18-17(21)15-11-13-10-12(2)7-8-16(13)22-19(15)25-18/h11-12,14H,3-10,21H2,1-2H3. The third-order valence-electron chi connectivity index (χ3n) is 5.89. The summed E-state index contributed by atoms with van der Waals surface area (Å²) in [5.41, 5.74) is 9.58. The van der Waals surface area contributed by atoms with Crippen molar-refractivity contribution in [2.24, 2.45) is 5.92 Å². The van der Waals surface area contributed by atoms with E-state index in [2.05, 4.69) is 19.9 Å². The van der Waals surface area contributed by atoms with Crippen molar-refractivity contribution in [2.45, 2.75) is 64.8 Å². The van der Waals surface area contributed by atoms with Crippen LogP contribution in [0.3, 0.4) is 0 Å². The van der Waals surface area contributed by atoms with Crippen LogP contribution in [0.5, 0.6) is 0 Å². The van der Waals surface area contributed by atoms with Gasteiger partial charge in [0.25, 0.3) is 5.91 Å². The zero-order chi connectivity index (χ0) is 17.6. The van der Waals surface area contributed by atoms with E-state index in [0.29, 0.717) is 22.5 Å². The molecule has 4 rings (SSSR count). The van der Waals surface area contributed by atoms with Crippen LogP contribution in [0.2, 0.25) is 0 Å². The maximum Gasteiger partial charge on any atom is 0.266 e. The summed E-state index contributed by atoms with van der Waals surface area (Å²) < 4.78 is 0. The van der Waals surface area contributed by atoms with E-state index in [1.54, 1.807) is 0 Å². The second kappa shape index (κ2) is 6.60. The molecule has 2 atom stereocenters. The summed E-state index contributed by atoms with van der Waals surface area (Å²) >= 11 is 1.48. The molecule has 2 aromatic rings. The molecule has 134 valence electrons. The highest BCUT2D eigenvalue weighted by molar-refractivity contribution is 7.21. The third-order valence-corrected chi connectivity index (χ3v) is 6.99. The molecule has 1 aliphatic carbocycles. The van der Waals surface area contributed by atoms with E-state index in [1.165, 1.54) is 35.4 Å². The molecule has 1 aliphatic heterocycles. The Labute approximate surface area is 153 Å². The zero-order valence-electron chi connectivity index (χ0n) is 15.2. The van der Waals surface area contributed by atoms with Gasteiger partial charge in [-0.15, -0.1) is 11.3 Å². The minimum atomic E-state index is 0.110. The molecule has 0 aromatic carbocycles. The monoisotopic (exact) mass is 357 g/mol. The zero-order valence-corrected chi connectivity index (χ0v) is 16.0. The van der Waals surface area contributed by atoms with E-state index in [1.807, 2.05) is 4.90 Å². The topological polar surface area (TPSA) is 59.2 Å². The van der Waals surface area contributed by atoms with Crippen molar-refractivity contribution in [2.75, 3.05) is 12.3 Å². The van der Waals surface area contributed by atoms with Crippen molar-refractivity contribution in [3.05, 3.63) is 22.2 Å². The molecule has 5 heteroatoms. The van der Waals surface area contributed by atoms with E-state index >= 15 is 0 Å². The van der Waals surface area contributed by atoms with Crippen LogP contribution >= 0.6 is 11.3 Å². The summed E-state index contributed by atoms with van der Waals surface area (Å²) in [6, 6.07) is 2.55. The van der Waals surface area contributed by atoms with Crippen LogP contribution in [-0.4, -0.2) is 28.4 Å². The van der Waals surface area contributed by atoms with E-state index in [0.717, 1.165) is 48.9 Å². The van der Waals surface area contributed by atoms with Gasteiger partial charge in [-0.2, -0.15) is 0 Å². The maximum atomic E-state index is 13.2. The first kappa shape index (κ1) is 16.8. The molecule has 0 saturated carbocycles. The Balaban J connectivity index is 1.72. The van der Waals surface area contributed by atoms with Gasteiger partial charge in [0.1, 0.15) is 9.71 Å². The number of carbonyl (C=O) groups is 1. The van der Waals surface area contributed by atoms with Gasteiger partial charge in [0, 0.05) is 23.7 Å². The SMILES string of the molecule is CCC1CCCCN1C(=O)c1sc2nc3c(cc2c1N)CC(C)CC3. The Morgan fingerprint density at radius 1 is 1.40 bits per heavy atom. The van der Waals surface area contributed by atoms with Gasteiger partial charge >= 0.3 is 0 Å². The molecule has 2 N–H and O–H groups in total. The number of nitrogens with zero attached hydrogens (tertiary/aromatic N) is 2. The largest absolute Gasteiger partial charge is 0.397 e. The number of amides is 1. The summed E-state index contributed by atoms with van der Waals surface area (Å²) in [5.74, 6) is 0.810. The first-order valence-electron chi connectivity index (χ1n) is 9.60. The van der Waals surface area contributed by atoms with E-state index in [9.17, 15) is 4.79 Å². The van der Waals surface area contributed by atoms with Crippen LogP contribution in [-0.2, 0) is 12.8 Å². The predicted octanol–water partition coefficient (Wildman–Crippen LogP) is 4.41. The highest BCUT2D eigenvalue weighted by atomic mass is 32.1. The molecule has 1 fully saturated rings. The lowest BCUT2D eigenvalue weighted by Gasteiger charge is -2.35. The van der Waals surface area contributed by atoms with Crippen LogP contribution in [0.15, 0.2) is 6.07 Å². The number of anilines is 1. The van der Waals surface area contributed by atoms with Crippen molar-refractivity contribution < 1.29 is 4.79 Å². The number of nitrogen functional groups attached to an aromatic ring is 1. The fourth-order valence-electron chi connectivity index (χ4n) is 4.35. The van der Waals surface area contributed by atoms with Crippen LogP contribution in [0.1, 0.15) is 66.9 Å². The number of carbonyl (C=O) groups excluding carboxylic acids is 1. The number of fused-ring (bicyclic) bond motifs is 2. The minimum Gasteiger partial charge on any atom is -0.397 e. The third kappa shape index (κ3) is 2.92. The molecule has 1 amide bonds. The highest BCUT2D eigenvalue weighted by Gasteiger charge is 2.30. The fourth-order valence-corrected chi connectivity index (χ4v) is 5.41. The molecule has 2 unspecified atom stereocenters. The van der Waals surface area contributed by atoms with Gasteiger partial charge < -0.3 is 10.6 Å². The van der Waals surface area contributed by atoms with Crippen LogP contribution in [0.4, 0.5) is 5.69 Å². The molecule has 2 aromatic heterocycles. The van der Waals surface area contributed by atoms with Crippen molar-refractivity contribution in [1.29, 1.82) is 0 Å². The van der Waals surface area contributed by atoms with Crippen LogP contribution in [0.25, 0.3) is 10.2 Å². The Bertz CT molecular complexity index is 813. The summed E-state index contributed by atoms with van der Waals surface area (Å²) in [6.07, 6.45) is 7.75. The van der Waals surface area contributed by atoms with E-state index in [-0.39, 0.29) is 5.91 Å². The summed E-state index contributed by atoms with van der Waals surface area (Å²) in [5, 5.41) is 0.978. The van der Waals surface area contributed by atoms with E-state index in [4.69, 9.17) is 10.7 Å². The number of aryl methyl sites for hydroxylation is 1. The molecule has 3 heterocycles. The Kier molecular flexibility index (Phi) is 4.44. The number of hydrogen-bond donors (Lipinski definition) is 1. The van der Waals surface area contributed by atoms with Gasteiger partial charge in [-0.05, 0) is 62.5 Å². The van der Waals surface area contributed by atoms with Crippen molar-refractivity contribution in [3.63, 3.8) is 0 Å². The number of hydrogen-bond acceptors (Lipinski definition) is 4.